The lowest BCUT2D eigenvalue weighted by molar-refractivity contribution is 0.0686. The number of rotatable bonds is 6. The van der Waals surface area contributed by atoms with E-state index < -0.39 is 23.8 Å². The zero-order chi connectivity index (χ0) is 23.4. The Morgan fingerprint density at radius 1 is 0.594 bits per heavy atom. The van der Waals surface area contributed by atoms with Crippen LogP contribution in [0.25, 0.3) is 0 Å². The van der Waals surface area contributed by atoms with Crippen molar-refractivity contribution >= 4 is 67.0 Å². The number of anilines is 2. The van der Waals surface area contributed by atoms with Crippen LogP contribution in [0.15, 0.2) is 69.6 Å². The summed E-state index contributed by atoms with van der Waals surface area (Å²) < 4.78 is 1.11. The topological polar surface area (TPSA) is 133 Å². The quantitative estimate of drug-likeness (QED) is 0.330. The second-order valence-corrected chi connectivity index (χ2v) is 8.31. The molecule has 32 heavy (non-hydrogen) atoms. The van der Waals surface area contributed by atoms with Crippen LogP contribution in [0.2, 0.25) is 0 Å². The van der Waals surface area contributed by atoms with Crippen LogP contribution in [0.3, 0.4) is 0 Å². The minimum Gasteiger partial charge on any atom is -0.478 e. The van der Waals surface area contributed by atoms with Gasteiger partial charge in [0.25, 0.3) is 11.8 Å². The number of carbonyl (C=O) groups is 4. The van der Waals surface area contributed by atoms with Gasteiger partial charge < -0.3 is 20.8 Å². The van der Waals surface area contributed by atoms with Crippen molar-refractivity contribution in [2.24, 2.45) is 0 Å². The molecule has 8 nitrogen and oxygen atoms in total. The van der Waals surface area contributed by atoms with Crippen molar-refractivity contribution < 1.29 is 29.4 Å². The summed E-state index contributed by atoms with van der Waals surface area (Å²) >= 11 is 6.38. The Labute approximate surface area is 198 Å². The fraction of sp³-hybridized carbons (Fsp3) is 0. The van der Waals surface area contributed by atoms with Crippen LogP contribution in [-0.4, -0.2) is 34.0 Å². The Kier molecular flexibility index (Phi) is 7.06. The van der Waals surface area contributed by atoms with E-state index in [1.165, 1.54) is 48.5 Å². The Balaban J connectivity index is 1.75. The van der Waals surface area contributed by atoms with Gasteiger partial charge >= 0.3 is 11.9 Å². The first kappa shape index (κ1) is 23.2. The van der Waals surface area contributed by atoms with E-state index in [-0.39, 0.29) is 33.6 Å². The van der Waals surface area contributed by atoms with Gasteiger partial charge in [-0.25, -0.2) is 9.59 Å². The Morgan fingerprint density at radius 3 is 1.25 bits per heavy atom. The molecule has 0 heterocycles. The van der Waals surface area contributed by atoms with Gasteiger partial charge in [0, 0.05) is 20.1 Å². The lowest BCUT2D eigenvalue weighted by Crippen LogP contribution is -2.17. The van der Waals surface area contributed by atoms with Crippen LogP contribution in [-0.2, 0) is 0 Å². The van der Waals surface area contributed by atoms with Gasteiger partial charge in [-0.2, -0.15) is 0 Å². The molecule has 0 spiro atoms. The van der Waals surface area contributed by atoms with Crippen LogP contribution < -0.4 is 10.6 Å². The number of hydrogen-bond donors (Lipinski definition) is 4. The van der Waals surface area contributed by atoms with Gasteiger partial charge in [0.05, 0.1) is 22.5 Å². The van der Waals surface area contributed by atoms with E-state index in [0.29, 0.717) is 8.95 Å². The summed E-state index contributed by atoms with van der Waals surface area (Å²) in [6, 6.07) is 14.5. The predicted molar refractivity (Wildman–Crippen MR) is 125 cm³/mol. The van der Waals surface area contributed by atoms with Crippen molar-refractivity contribution in [3.8, 4) is 0 Å². The van der Waals surface area contributed by atoms with Crippen molar-refractivity contribution in [2.45, 2.75) is 0 Å². The molecule has 0 aromatic heterocycles. The molecule has 0 unspecified atom stereocenters. The molecule has 0 fully saturated rings. The summed E-state index contributed by atoms with van der Waals surface area (Å²) in [4.78, 5) is 47.8. The highest BCUT2D eigenvalue weighted by atomic mass is 79.9. The summed E-state index contributed by atoms with van der Waals surface area (Å²) in [7, 11) is 0. The highest BCUT2D eigenvalue weighted by molar-refractivity contribution is 9.10. The number of halogens is 2. The molecule has 0 radical (unpaired) electrons. The first-order valence-corrected chi connectivity index (χ1v) is 10.5. The monoisotopic (exact) mass is 560 g/mol. The van der Waals surface area contributed by atoms with Crippen molar-refractivity contribution in [3.05, 3.63) is 91.9 Å². The number of carboxylic acid groups (broad SMARTS) is 2. The number of amides is 2. The largest absolute Gasteiger partial charge is 0.478 e. The van der Waals surface area contributed by atoms with Crippen LogP contribution in [0.1, 0.15) is 41.4 Å². The maximum atomic E-state index is 12.5. The molecular formula is C22H14Br2N2O6. The van der Waals surface area contributed by atoms with Gasteiger partial charge in [0.15, 0.2) is 0 Å². The van der Waals surface area contributed by atoms with Crippen LogP contribution in [0, 0.1) is 0 Å². The minimum atomic E-state index is -1.19. The summed E-state index contributed by atoms with van der Waals surface area (Å²) in [5.41, 5.74) is 0.513. The first-order valence-electron chi connectivity index (χ1n) is 8.94. The molecule has 2 amide bonds. The van der Waals surface area contributed by atoms with Crippen molar-refractivity contribution in [1.29, 1.82) is 0 Å². The molecule has 162 valence electrons. The third-order valence-corrected chi connectivity index (χ3v) is 5.32. The SMILES string of the molecule is O=C(Nc1ccc(Br)cc1C(=O)O)c1ccc(C(=O)Nc2ccc(Br)cc2C(=O)O)cc1. The predicted octanol–water partition coefficient (Wildman–Crippen LogP) is 5.11. The van der Waals surface area contributed by atoms with Crippen molar-refractivity contribution in [1.82, 2.24) is 0 Å². The third kappa shape index (κ3) is 5.40. The second kappa shape index (κ2) is 9.75. The Morgan fingerprint density at radius 2 is 0.938 bits per heavy atom. The number of hydrogen-bond acceptors (Lipinski definition) is 4. The van der Waals surface area contributed by atoms with Gasteiger partial charge in [-0.1, -0.05) is 31.9 Å². The lowest BCUT2D eigenvalue weighted by Gasteiger charge is -2.11. The normalized spacial score (nSPS) is 10.3. The molecule has 0 saturated carbocycles. The molecule has 0 aliphatic heterocycles. The van der Waals surface area contributed by atoms with E-state index in [4.69, 9.17) is 0 Å². The minimum absolute atomic E-state index is 0.0764. The van der Waals surface area contributed by atoms with Crippen molar-refractivity contribution in [2.75, 3.05) is 10.6 Å². The van der Waals surface area contributed by atoms with E-state index in [2.05, 4.69) is 42.5 Å². The van der Waals surface area contributed by atoms with Gasteiger partial charge in [-0.15, -0.1) is 0 Å². The number of carboxylic acids is 2. The van der Waals surface area contributed by atoms with E-state index >= 15 is 0 Å². The van der Waals surface area contributed by atoms with Crippen LogP contribution >= 0.6 is 31.9 Å². The fourth-order valence-corrected chi connectivity index (χ4v) is 3.49. The number of nitrogens with one attached hydrogen (secondary N) is 2. The summed E-state index contributed by atoms with van der Waals surface area (Å²) in [6.45, 7) is 0. The molecule has 0 bridgehead atoms. The van der Waals surface area contributed by atoms with E-state index in [9.17, 15) is 29.4 Å². The second-order valence-electron chi connectivity index (χ2n) is 6.48. The number of carbonyl (C=O) groups excluding carboxylic acids is 2. The highest BCUT2D eigenvalue weighted by Crippen LogP contribution is 2.23. The van der Waals surface area contributed by atoms with E-state index in [1.807, 2.05) is 0 Å². The molecule has 3 aromatic rings. The fourth-order valence-electron chi connectivity index (χ4n) is 2.77. The molecule has 3 rings (SSSR count). The number of aromatic carboxylic acids is 2. The van der Waals surface area contributed by atoms with Crippen molar-refractivity contribution in [3.63, 3.8) is 0 Å². The molecule has 3 aromatic carbocycles. The highest BCUT2D eigenvalue weighted by Gasteiger charge is 2.16. The molecule has 0 atom stereocenters. The van der Waals surface area contributed by atoms with Crippen LogP contribution in [0.4, 0.5) is 11.4 Å². The van der Waals surface area contributed by atoms with Gasteiger partial charge in [-0.3, -0.25) is 9.59 Å². The summed E-state index contributed by atoms with van der Waals surface area (Å²) in [5.74, 6) is -3.49. The molecular weight excluding hydrogens is 548 g/mol. The lowest BCUT2D eigenvalue weighted by atomic mass is 10.1. The standard InChI is InChI=1S/C22H14Br2N2O6/c23-13-5-7-17(15(9-13)21(29)30)25-19(27)11-1-2-12(4-3-11)20(28)26-18-8-6-14(24)10-16(18)22(31)32/h1-10H,(H,25,27)(H,26,28)(H,29,30)(H,31,32). The summed E-state index contributed by atoms with van der Waals surface area (Å²) in [5, 5.41) is 23.7. The molecule has 0 saturated heterocycles. The number of benzene rings is 3. The smallest absolute Gasteiger partial charge is 0.337 e. The average molecular weight is 562 g/mol. The third-order valence-electron chi connectivity index (χ3n) is 4.33. The van der Waals surface area contributed by atoms with Gasteiger partial charge in [-0.05, 0) is 60.7 Å². The molecule has 0 aliphatic carbocycles. The zero-order valence-electron chi connectivity index (χ0n) is 16.1. The van der Waals surface area contributed by atoms with Crippen LogP contribution in [0.5, 0.6) is 0 Å². The first-order chi connectivity index (χ1) is 15.2. The zero-order valence-corrected chi connectivity index (χ0v) is 19.2. The Bertz CT molecular complexity index is 1150. The van der Waals surface area contributed by atoms with Gasteiger partial charge in [0.2, 0.25) is 0 Å². The maximum Gasteiger partial charge on any atom is 0.337 e. The average Bonchev–Trinajstić information content (AvgIpc) is 2.75. The summed E-state index contributed by atoms with van der Waals surface area (Å²) in [6.07, 6.45) is 0. The van der Waals surface area contributed by atoms with Gasteiger partial charge in [0.1, 0.15) is 0 Å². The Hall–Kier alpha value is -3.50. The van der Waals surface area contributed by atoms with E-state index in [1.54, 1.807) is 12.1 Å². The van der Waals surface area contributed by atoms with E-state index in [0.717, 1.165) is 0 Å². The maximum absolute atomic E-state index is 12.5. The molecule has 4 N–H and O–H groups in total. The molecule has 10 heteroatoms. The molecule has 0 aliphatic rings.